The molecule has 1 aromatic rings. The first-order valence-corrected chi connectivity index (χ1v) is 3.81. The number of rotatable bonds is 2. The fourth-order valence-corrected chi connectivity index (χ4v) is 0.715. The van der Waals surface area contributed by atoms with Gasteiger partial charge in [0.15, 0.2) is 5.78 Å². The van der Waals surface area contributed by atoms with E-state index in [1.165, 1.54) is 0 Å². The molecule has 0 bridgehead atoms. The van der Waals surface area contributed by atoms with E-state index in [9.17, 15) is 4.79 Å². The van der Waals surface area contributed by atoms with Crippen molar-refractivity contribution < 1.29 is 9.90 Å². The third-order valence-electron chi connectivity index (χ3n) is 1.24. The van der Waals surface area contributed by atoms with Crippen LogP contribution in [0.3, 0.4) is 0 Å². The van der Waals surface area contributed by atoms with Gasteiger partial charge in [0, 0.05) is 5.56 Å². The number of hydrogen-bond donors (Lipinski definition) is 3. The molecular formula is C8H11NO2S. The molecule has 0 aliphatic carbocycles. The Morgan fingerprint density at radius 1 is 1.33 bits per heavy atom. The Hall–Kier alpha value is -0.840. The summed E-state index contributed by atoms with van der Waals surface area (Å²) >= 11 is 3.03. The maximum atomic E-state index is 10.8. The summed E-state index contributed by atoms with van der Waals surface area (Å²) in [5.41, 5.74) is 0.560. The average molecular weight is 185 g/mol. The Balaban J connectivity index is 0.000000561. The first-order chi connectivity index (χ1) is 5.84. The van der Waals surface area contributed by atoms with Crippen molar-refractivity contribution in [2.45, 2.75) is 0 Å². The fourth-order valence-electron chi connectivity index (χ4n) is 0.715. The largest absolute Gasteiger partial charge is 0.388 e. The van der Waals surface area contributed by atoms with Crippen LogP contribution in [0.2, 0.25) is 0 Å². The van der Waals surface area contributed by atoms with E-state index in [1.54, 1.807) is 24.3 Å². The molecule has 0 aromatic heterocycles. The second kappa shape index (κ2) is 6.84. The maximum absolute atomic E-state index is 10.8. The normalized spacial score (nSPS) is 8.25. The number of carbonyl (C=O) groups excluding carboxylic acids is 1. The molecular weight excluding hydrogens is 174 g/mol. The van der Waals surface area contributed by atoms with Crippen molar-refractivity contribution >= 4 is 18.6 Å². The lowest BCUT2D eigenvalue weighted by molar-refractivity contribution is 0.0904. The molecule has 1 rings (SSSR count). The molecule has 0 heterocycles. The van der Waals surface area contributed by atoms with E-state index in [2.05, 4.69) is 18.0 Å². The van der Waals surface area contributed by atoms with Gasteiger partial charge in [-0.3, -0.25) is 9.93 Å². The number of nitrogens with two attached hydrogens (primary N) is 1. The third kappa shape index (κ3) is 3.52. The van der Waals surface area contributed by atoms with Crippen molar-refractivity contribution in [3.05, 3.63) is 35.9 Å². The zero-order chi connectivity index (χ0) is 9.40. The summed E-state index contributed by atoms with van der Waals surface area (Å²) in [6.45, 7) is -0.413. The molecule has 0 atom stereocenters. The van der Waals surface area contributed by atoms with Crippen LogP contribution in [0.25, 0.3) is 0 Å². The van der Waals surface area contributed by atoms with Gasteiger partial charge in [-0.1, -0.05) is 30.3 Å². The molecule has 0 aliphatic rings. The van der Waals surface area contributed by atoms with Crippen LogP contribution in [0, 0.1) is 0 Å². The van der Waals surface area contributed by atoms with Gasteiger partial charge in [0.05, 0.1) is 0 Å². The van der Waals surface area contributed by atoms with E-state index in [1.807, 2.05) is 6.07 Å². The van der Waals surface area contributed by atoms with Crippen molar-refractivity contribution in [1.29, 1.82) is 0 Å². The summed E-state index contributed by atoms with van der Waals surface area (Å²) in [5, 5.41) is 12.6. The van der Waals surface area contributed by atoms with Crippen LogP contribution in [0.1, 0.15) is 10.4 Å². The number of thiol groups is 1. The summed E-state index contributed by atoms with van der Waals surface area (Å²) < 4.78 is 0. The van der Waals surface area contributed by atoms with Crippen molar-refractivity contribution in [1.82, 2.24) is 0 Å². The summed E-state index contributed by atoms with van der Waals surface area (Å²) in [6, 6.07) is 8.72. The SMILES string of the molecule is NS.O=C(CO)c1ccccc1. The van der Waals surface area contributed by atoms with Gasteiger partial charge in [-0.2, -0.15) is 0 Å². The standard InChI is InChI=1S/C8H8O2.H3NS/c9-6-8(10)7-4-2-1-3-5-7;1-2/h1-5,9H,6H2;2H,1H2. The molecule has 66 valence electrons. The van der Waals surface area contributed by atoms with Crippen LogP contribution in [0.5, 0.6) is 0 Å². The van der Waals surface area contributed by atoms with Crippen LogP contribution in [0.15, 0.2) is 30.3 Å². The van der Waals surface area contributed by atoms with Crippen LogP contribution in [0.4, 0.5) is 0 Å². The molecule has 0 aliphatic heterocycles. The molecule has 0 saturated carbocycles. The molecule has 12 heavy (non-hydrogen) atoms. The minimum atomic E-state index is -0.413. The highest BCUT2D eigenvalue weighted by Gasteiger charge is 1.99. The number of hydrogen-bond acceptors (Lipinski definition) is 4. The molecule has 3 nitrogen and oxygen atoms in total. The number of aliphatic hydroxyl groups is 1. The molecule has 0 spiro atoms. The first kappa shape index (κ1) is 11.2. The molecule has 0 unspecified atom stereocenters. The van der Waals surface area contributed by atoms with Crippen LogP contribution < -0.4 is 5.14 Å². The second-order valence-electron chi connectivity index (χ2n) is 1.95. The van der Waals surface area contributed by atoms with Crippen LogP contribution >= 0.6 is 12.8 Å². The zero-order valence-corrected chi connectivity index (χ0v) is 7.37. The van der Waals surface area contributed by atoms with E-state index in [0.29, 0.717) is 5.56 Å². The molecule has 1 aromatic carbocycles. The van der Waals surface area contributed by atoms with Crippen molar-refractivity contribution in [2.24, 2.45) is 5.14 Å². The van der Waals surface area contributed by atoms with Crippen molar-refractivity contribution in [2.75, 3.05) is 6.61 Å². The van der Waals surface area contributed by atoms with E-state index in [-0.39, 0.29) is 5.78 Å². The molecule has 4 heteroatoms. The molecule has 3 N–H and O–H groups in total. The van der Waals surface area contributed by atoms with Gasteiger partial charge in [-0.15, -0.1) is 12.8 Å². The van der Waals surface area contributed by atoms with Crippen LogP contribution in [-0.4, -0.2) is 17.5 Å². The lowest BCUT2D eigenvalue weighted by atomic mass is 10.1. The number of benzene rings is 1. The Morgan fingerprint density at radius 2 is 1.83 bits per heavy atom. The number of Topliss-reactive ketones (excluding diaryl/α,β-unsaturated/α-hetero) is 1. The Morgan fingerprint density at radius 3 is 2.25 bits per heavy atom. The lowest BCUT2D eigenvalue weighted by Gasteiger charge is -1.93. The Labute approximate surface area is 76.8 Å². The Bertz CT molecular complexity index is 226. The minimum absolute atomic E-state index is 0.236. The van der Waals surface area contributed by atoms with E-state index in [4.69, 9.17) is 5.11 Å². The number of carbonyl (C=O) groups is 1. The predicted molar refractivity (Wildman–Crippen MR) is 51.0 cm³/mol. The molecule has 0 saturated heterocycles. The third-order valence-corrected chi connectivity index (χ3v) is 1.24. The summed E-state index contributed by atoms with van der Waals surface area (Å²) in [6.07, 6.45) is 0. The van der Waals surface area contributed by atoms with Gasteiger partial charge >= 0.3 is 0 Å². The monoisotopic (exact) mass is 185 g/mol. The van der Waals surface area contributed by atoms with E-state index >= 15 is 0 Å². The fraction of sp³-hybridized carbons (Fsp3) is 0.125. The van der Waals surface area contributed by atoms with E-state index < -0.39 is 6.61 Å². The van der Waals surface area contributed by atoms with Gasteiger partial charge < -0.3 is 5.11 Å². The number of ketones is 1. The predicted octanol–water partition coefficient (Wildman–Crippen LogP) is 0.652. The average Bonchev–Trinajstić information content (AvgIpc) is 2.21. The molecule has 0 radical (unpaired) electrons. The maximum Gasteiger partial charge on any atom is 0.188 e. The second-order valence-corrected chi connectivity index (χ2v) is 1.95. The van der Waals surface area contributed by atoms with Gasteiger partial charge in [0.25, 0.3) is 0 Å². The smallest absolute Gasteiger partial charge is 0.188 e. The zero-order valence-electron chi connectivity index (χ0n) is 6.47. The summed E-state index contributed by atoms with van der Waals surface area (Å²) in [5.74, 6) is -0.236. The summed E-state index contributed by atoms with van der Waals surface area (Å²) in [4.78, 5) is 10.8. The highest BCUT2D eigenvalue weighted by molar-refractivity contribution is 7.77. The topological polar surface area (TPSA) is 63.3 Å². The molecule has 0 amide bonds. The van der Waals surface area contributed by atoms with Crippen LogP contribution in [-0.2, 0) is 0 Å². The number of aliphatic hydroxyl groups excluding tert-OH is 1. The van der Waals surface area contributed by atoms with Gasteiger partial charge in [-0.05, 0) is 0 Å². The first-order valence-electron chi connectivity index (χ1n) is 3.29. The van der Waals surface area contributed by atoms with Crippen molar-refractivity contribution in [3.8, 4) is 0 Å². The van der Waals surface area contributed by atoms with E-state index in [0.717, 1.165) is 0 Å². The molecule has 0 fully saturated rings. The van der Waals surface area contributed by atoms with Crippen molar-refractivity contribution in [3.63, 3.8) is 0 Å². The van der Waals surface area contributed by atoms with Gasteiger partial charge in [-0.25, -0.2) is 0 Å². The minimum Gasteiger partial charge on any atom is -0.388 e. The Kier molecular flexibility index (Phi) is 6.37. The lowest BCUT2D eigenvalue weighted by Crippen LogP contribution is -2.02. The quantitative estimate of drug-likeness (QED) is 0.468. The van der Waals surface area contributed by atoms with Gasteiger partial charge in [0.1, 0.15) is 6.61 Å². The van der Waals surface area contributed by atoms with Gasteiger partial charge in [0.2, 0.25) is 0 Å². The highest BCUT2D eigenvalue weighted by atomic mass is 32.1. The summed E-state index contributed by atoms with van der Waals surface area (Å²) in [7, 11) is 0. The highest BCUT2D eigenvalue weighted by Crippen LogP contribution is 1.97.